The Morgan fingerprint density at radius 2 is 2.26 bits per heavy atom. The maximum absolute atomic E-state index is 11.5. The molecule has 1 heterocycles. The van der Waals surface area contributed by atoms with Gasteiger partial charge >= 0.3 is 5.97 Å². The Balaban J connectivity index is 2.16. The third-order valence-electron chi connectivity index (χ3n) is 3.31. The van der Waals surface area contributed by atoms with Gasteiger partial charge in [-0.15, -0.1) is 0 Å². The Hall–Kier alpha value is -1.30. The second-order valence-electron chi connectivity index (χ2n) is 4.67. The summed E-state index contributed by atoms with van der Waals surface area (Å²) in [6.45, 7) is 1.85. The molecule has 5 nitrogen and oxygen atoms in total. The maximum Gasteiger partial charge on any atom is 0.376 e. The lowest BCUT2D eigenvalue weighted by Gasteiger charge is -2.20. The summed E-state index contributed by atoms with van der Waals surface area (Å²) in [6, 6.07) is 2.28. The fourth-order valence-corrected chi connectivity index (χ4v) is 3.32. The molecule has 0 aromatic carbocycles. The predicted octanol–water partition coefficient (Wildman–Crippen LogP) is 2.27. The predicted molar refractivity (Wildman–Crippen MR) is 76.7 cm³/mol. The lowest BCUT2D eigenvalue weighted by Crippen LogP contribution is -2.26. The highest BCUT2D eigenvalue weighted by atomic mass is 32.2. The molecule has 2 rings (SSSR count). The van der Waals surface area contributed by atoms with Crippen LogP contribution in [0.15, 0.2) is 6.07 Å². The number of rotatable bonds is 4. The Kier molecular flexibility index (Phi) is 4.63. The summed E-state index contributed by atoms with van der Waals surface area (Å²) < 4.78 is 4.66. The van der Waals surface area contributed by atoms with Gasteiger partial charge in [-0.05, 0) is 26.0 Å². The molecule has 2 unspecified atom stereocenters. The first-order valence-corrected chi connectivity index (χ1v) is 7.66. The number of esters is 1. The Morgan fingerprint density at radius 1 is 1.47 bits per heavy atom. The van der Waals surface area contributed by atoms with E-state index in [0.717, 1.165) is 12.1 Å². The van der Waals surface area contributed by atoms with Crippen LogP contribution < -0.4 is 5.32 Å². The van der Waals surface area contributed by atoms with Gasteiger partial charge in [0.2, 0.25) is 5.82 Å². The van der Waals surface area contributed by atoms with Crippen molar-refractivity contribution in [2.45, 2.75) is 37.5 Å². The molecule has 0 radical (unpaired) electrons. The largest absolute Gasteiger partial charge is 0.463 e. The van der Waals surface area contributed by atoms with Gasteiger partial charge in [-0.2, -0.15) is 11.8 Å². The van der Waals surface area contributed by atoms with Crippen molar-refractivity contribution in [2.75, 3.05) is 18.7 Å². The quantitative estimate of drug-likeness (QED) is 0.854. The lowest BCUT2D eigenvalue weighted by atomic mass is 10.2. The number of ether oxygens (including phenoxy) is 1. The fraction of sp³-hybridized carbons (Fsp3) is 0.615. The van der Waals surface area contributed by atoms with Crippen LogP contribution in [0.4, 0.5) is 5.82 Å². The van der Waals surface area contributed by atoms with Crippen molar-refractivity contribution in [3.8, 4) is 0 Å². The monoisotopic (exact) mass is 281 g/mol. The van der Waals surface area contributed by atoms with E-state index in [2.05, 4.69) is 26.3 Å². The minimum Gasteiger partial charge on any atom is -0.463 e. The number of hydrogen-bond acceptors (Lipinski definition) is 6. The van der Waals surface area contributed by atoms with Crippen LogP contribution in [0.3, 0.4) is 0 Å². The molecule has 1 aromatic heterocycles. The molecule has 0 bridgehead atoms. The molecule has 0 amide bonds. The van der Waals surface area contributed by atoms with E-state index in [1.165, 1.54) is 20.0 Å². The van der Waals surface area contributed by atoms with E-state index in [9.17, 15) is 4.79 Å². The molecular weight excluding hydrogens is 262 g/mol. The number of nitrogens with zero attached hydrogens (tertiary/aromatic N) is 2. The van der Waals surface area contributed by atoms with Crippen molar-refractivity contribution in [2.24, 2.45) is 0 Å². The second-order valence-corrected chi connectivity index (χ2v) is 5.74. The topological polar surface area (TPSA) is 64.1 Å². The lowest BCUT2D eigenvalue weighted by molar-refractivity contribution is 0.0586. The smallest absolute Gasteiger partial charge is 0.376 e. The number of nitrogens with one attached hydrogen (secondary N) is 1. The molecule has 1 aliphatic rings. The van der Waals surface area contributed by atoms with E-state index in [4.69, 9.17) is 0 Å². The number of aromatic nitrogens is 2. The van der Waals surface area contributed by atoms with Gasteiger partial charge in [-0.3, -0.25) is 0 Å². The first-order chi connectivity index (χ1) is 9.13. The first-order valence-electron chi connectivity index (χ1n) is 6.37. The number of thioether (sulfide) groups is 1. The van der Waals surface area contributed by atoms with Gasteiger partial charge in [-0.25, -0.2) is 14.8 Å². The van der Waals surface area contributed by atoms with Crippen LogP contribution >= 0.6 is 11.8 Å². The van der Waals surface area contributed by atoms with Gasteiger partial charge in [0.25, 0.3) is 0 Å². The van der Waals surface area contributed by atoms with Crippen molar-refractivity contribution < 1.29 is 9.53 Å². The number of carbonyl (C=O) groups is 1. The van der Waals surface area contributed by atoms with Crippen molar-refractivity contribution in [3.63, 3.8) is 0 Å². The molecule has 0 saturated heterocycles. The zero-order valence-corrected chi connectivity index (χ0v) is 12.3. The summed E-state index contributed by atoms with van der Waals surface area (Å²) in [6.07, 6.45) is 5.74. The Labute approximate surface area is 117 Å². The summed E-state index contributed by atoms with van der Waals surface area (Å²) >= 11 is 1.88. The van der Waals surface area contributed by atoms with Crippen molar-refractivity contribution in [1.29, 1.82) is 0 Å². The van der Waals surface area contributed by atoms with Crippen molar-refractivity contribution in [1.82, 2.24) is 9.97 Å². The van der Waals surface area contributed by atoms with Crippen molar-refractivity contribution in [3.05, 3.63) is 17.6 Å². The van der Waals surface area contributed by atoms with E-state index in [-0.39, 0.29) is 5.82 Å². The standard InChI is InChI=1S/C13H19N3O2S/c1-8-7-11(16-12(14-8)13(17)18-2)15-9-5-4-6-10(9)19-3/h7,9-10H,4-6H2,1-3H3,(H,14,15,16). The molecule has 6 heteroatoms. The summed E-state index contributed by atoms with van der Waals surface area (Å²) in [4.78, 5) is 19.8. The number of carbonyl (C=O) groups excluding carboxylic acids is 1. The van der Waals surface area contributed by atoms with Crippen molar-refractivity contribution >= 4 is 23.5 Å². The van der Waals surface area contributed by atoms with Crippen LogP contribution in [-0.4, -0.2) is 40.6 Å². The van der Waals surface area contributed by atoms with E-state index in [1.807, 2.05) is 24.8 Å². The van der Waals surface area contributed by atoms with E-state index in [1.54, 1.807) is 0 Å². The van der Waals surface area contributed by atoms with E-state index in [0.29, 0.717) is 17.1 Å². The molecule has 1 aliphatic carbocycles. The normalized spacial score (nSPS) is 22.3. The summed E-state index contributed by atoms with van der Waals surface area (Å²) in [5.74, 6) is 0.321. The van der Waals surface area contributed by atoms with E-state index < -0.39 is 5.97 Å². The third kappa shape index (κ3) is 3.37. The maximum atomic E-state index is 11.5. The van der Waals surface area contributed by atoms with Gasteiger partial charge < -0.3 is 10.1 Å². The third-order valence-corrected chi connectivity index (χ3v) is 4.48. The average molecular weight is 281 g/mol. The molecule has 0 spiro atoms. The van der Waals surface area contributed by atoms with Crippen LogP contribution in [0.2, 0.25) is 0 Å². The minimum absolute atomic E-state index is 0.115. The van der Waals surface area contributed by atoms with Gasteiger partial charge in [0, 0.05) is 23.1 Å². The summed E-state index contributed by atoms with van der Waals surface area (Å²) in [5.41, 5.74) is 0.761. The number of methoxy groups -OCH3 is 1. The van der Waals surface area contributed by atoms with Crippen LogP contribution in [0, 0.1) is 6.92 Å². The highest BCUT2D eigenvalue weighted by Gasteiger charge is 2.26. The van der Waals surface area contributed by atoms with Crippen LogP contribution in [-0.2, 0) is 4.74 Å². The average Bonchev–Trinajstić information content (AvgIpc) is 2.84. The molecule has 2 atom stereocenters. The fourth-order valence-electron chi connectivity index (χ4n) is 2.39. The Bertz CT molecular complexity index is 467. The van der Waals surface area contributed by atoms with Gasteiger partial charge in [0.05, 0.1) is 7.11 Å². The van der Waals surface area contributed by atoms with Gasteiger partial charge in [0.15, 0.2) is 0 Å². The molecule has 1 N–H and O–H groups in total. The summed E-state index contributed by atoms with van der Waals surface area (Å²) in [5, 5.41) is 4.03. The minimum atomic E-state index is -0.500. The van der Waals surface area contributed by atoms with Crippen LogP contribution in [0.25, 0.3) is 0 Å². The SMILES string of the molecule is COC(=O)c1nc(C)cc(NC2CCCC2SC)n1. The molecule has 1 saturated carbocycles. The first kappa shape index (κ1) is 14.1. The second kappa shape index (κ2) is 6.23. The zero-order chi connectivity index (χ0) is 13.8. The van der Waals surface area contributed by atoms with Crippen LogP contribution in [0.5, 0.6) is 0 Å². The van der Waals surface area contributed by atoms with Gasteiger partial charge in [0.1, 0.15) is 5.82 Å². The highest BCUT2D eigenvalue weighted by Crippen LogP contribution is 2.30. The number of anilines is 1. The highest BCUT2D eigenvalue weighted by molar-refractivity contribution is 7.99. The number of aryl methyl sites for hydroxylation is 1. The van der Waals surface area contributed by atoms with Gasteiger partial charge in [-0.1, -0.05) is 6.42 Å². The number of hydrogen-bond donors (Lipinski definition) is 1. The van der Waals surface area contributed by atoms with Crippen LogP contribution in [0.1, 0.15) is 35.6 Å². The molecule has 1 fully saturated rings. The Morgan fingerprint density at radius 3 is 2.95 bits per heavy atom. The molecule has 19 heavy (non-hydrogen) atoms. The summed E-state index contributed by atoms with van der Waals surface area (Å²) in [7, 11) is 1.34. The van der Waals surface area contributed by atoms with E-state index >= 15 is 0 Å². The molecule has 1 aromatic rings. The molecular formula is C13H19N3O2S. The molecule has 0 aliphatic heterocycles. The zero-order valence-electron chi connectivity index (χ0n) is 11.5. The molecule has 104 valence electrons.